The number of benzene rings is 2. The van der Waals surface area contributed by atoms with Crippen LogP contribution in [-0.2, 0) is 24.3 Å². The predicted octanol–water partition coefficient (Wildman–Crippen LogP) is 0.975. The summed E-state index contributed by atoms with van der Waals surface area (Å²) in [5, 5.41) is 9.90. The van der Waals surface area contributed by atoms with Crippen molar-refractivity contribution >= 4 is 27.5 Å². The molecule has 1 heterocycles. The van der Waals surface area contributed by atoms with E-state index < -0.39 is 40.5 Å². The number of amides is 2. The van der Waals surface area contributed by atoms with Gasteiger partial charge in [0.2, 0.25) is 11.8 Å². The Kier molecular flexibility index (Phi) is 7.12. The lowest BCUT2D eigenvalue weighted by atomic mass is 9.99. The summed E-state index contributed by atoms with van der Waals surface area (Å²) in [4.78, 5) is 26.8. The lowest BCUT2D eigenvalue weighted by Gasteiger charge is -2.40. The first-order chi connectivity index (χ1) is 15.1. The van der Waals surface area contributed by atoms with Gasteiger partial charge in [-0.25, -0.2) is 12.8 Å². The zero-order valence-electron chi connectivity index (χ0n) is 17.6. The molecular weight excluding hydrogens is 441 g/mol. The van der Waals surface area contributed by atoms with Crippen LogP contribution in [0.4, 0.5) is 10.1 Å². The fourth-order valence-electron chi connectivity index (χ4n) is 3.30. The van der Waals surface area contributed by atoms with E-state index in [2.05, 4.69) is 4.72 Å². The molecule has 1 fully saturated rings. The third-order valence-corrected chi connectivity index (χ3v) is 6.42. The number of sulfonamides is 1. The number of morpholine rings is 1. The van der Waals surface area contributed by atoms with E-state index in [1.165, 1.54) is 34.1 Å². The minimum Gasteiger partial charge on any atom is -0.394 e. The minimum absolute atomic E-state index is 0.192. The number of carbonyl (C=O) groups excluding carboxylic acids is 2. The van der Waals surface area contributed by atoms with Crippen LogP contribution in [0.1, 0.15) is 11.7 Å². The lowest BCUT2D eigenvalue weighted by molar-refractivity contribution is -0.164. The van der Waals surface area contributed by atoms with E-state index in [-0.39, 0.29) is 29.6 Å². The van der Waals surface area contributed by atoms with Crippen molar-refractivity contribution < 1.29 is 32.2 Å². The largest absolute Gasteiger partial charge is 0.394 e. The highest BCUT2D eigenvalue weighted by molar-refractivity contribution is 7.92. The van der Waals surface area contributed by atoms with E-state index in [4.69, 9.17) is 4.74 Å². The number of ether oxygens (including phenoxy) is 1. The van der Waals surface area contributed by atoms with Crippen LogP contribution in [0.2, 0.25) is 0 Å². The van der Waals surface area contributed by atoms with E-state index >= 15 is 0 Å². The highest BCUT2D eigenvalue weighted by atomic mass is 32.2. The summed E-state index contributed by atoms with van der Waals surface area (Å²) >= 11 is 0. The van der Waals surface area contributed by atoms with Crippen LogP contribution in [0.15, 0.2) is 53.4 Å². The van der Waals surface area contributed by atoms with Gasteiger partial charge in [0.15, 0.2) is 0 Å². The molecule has 0 spiro atoms. The second-order valence-corrected chi connectivity index (χ2v) is 9.16. The summed E-state index contributed by atoms with van der Waals surface area (Å²) in [6.07, 6.45) is -0.707. The normalized spacial score (nSPS) is 19.0. The SMILES string of the molecule is CN(C)C(=O)CN1C(=O)CO[C@H](c2ccc(NS(=O)(=O)c3cccc(F)c3)cc2)[C@H]1CO. The molecule has 1 aliphatic heterocycles. The Balaban J connectivity index is 1.78. The third kappa shape index (κ3) is 5.23. The maximum Gasteiger partial charge on any atom is 0.261 e. The first-order valence-corrected chi connectivity index (χ1v) is 11.2. The number of nitrogens with zero attached hydrogens (tertiary/aromatic N) is 2. The van der Waals surface area contributed by atoms with E-state index in [0.717, 1.165) is 12.1 Å². The Bertz CT molecular complexity index is 1090. The van der Waals surface area contributed by atoms with Gasteiger partial charge >= 0.3 is 0 Å². The fraction of sp³-hybridized carbons (Fsp3) is 0.333. The van der Waals surface area contributed by atoms with E-state index in [0.29, 0.717) is 5.56 Å². The zero-order valence-corrected chi connectivity index (χ0v) is 18.4. The highest BCUT2D eigenvalue weighted by Gasteiger charge is 2.38. The molecule has 172 valence electrons. The number of hydrogen-bond donors (Lipinski definition) is 2. The molecule has 0 radical (unpaired) electrons. The van der Waals surface area contributed by atoms with Crippen LogP contribution in [0, 0.1) is 5.82 Å². The number of aliphatic hydroxyl groups excluding tert-OH is 1. The molecule has 2 amide bonds. The molecule has 0 unspecified atom stereocenters. The van der Waals surface area contributed by atoms with Crippen LogP contribution in [0.5, 0.6) is 0 Å². The summed E-state index contributed by atoms with van der Waals surface area (Å²) < 4.78 is 46.3. The number of rotatable bonds is 7. The molecule has 3 rings (SSSR count). The van der Waals surface area contributed by atoms with Gasteiger partial charge < -0.3 is 19.6 Å². The molecule has 2 aromatic rings. The maximum atomic E-state index is 13.4. The van der Waals surface area contributed by atoms with Crippen molar-refractivity contribution in [2.45, 2.75) is 17.0 Å². The van der Waals surface area contributed by atoms with Gasteiger partial charge in [-0.05, 0) is 35.9 Å². The van der Waals surface area contributed by atoms with Crippen molar-refractivity contribution in [3.8, 4) is 0 Å². The van der Waals surface area contributed by atoms with Gasteiger partial charge in [-0.2, -0.15) is 0 Å². The quantitative estimate of drug-likeness (QED) is 0.630. The van der Waals surface area contributed by atoms with Crippen LogP contribution in [0.3, 0.4) is 0 Å². The first-order valence-electron chi connectivity index (χ1n) is 9.73. The lowest BCUT2D eigenvalue weighted by Crippen LogP contribution is -2.55. The average Bonchev–Trinajstić information content (AvgIpc) is 2.75. The van der Waals surface area contributed by atoms with Crippen molar-refractivity contribution in [2.75, 3.05) is 38.6 Å². The standard InChI is InChI=1S/C21H24FN3O6S/c1-24(2)19(27)11-25-18(12-26)21(31-13-20(25)28)14-6-8-16(9-7-14)23-32(29,30)17-5-3-4-15(22)10-17/h3-10,18,21,23,26H,11-13H2,1-2H3/t18-,21-/m1/s1. The van der Waals surface area contributed by atoms with Crippen LogP contribution in [-0.4, -0.2) is 75.0 Å². The molecule has 2 atom stereocenters. The smallest absolute Gasteiger partial charge is 0.261 e. The summed E-state index contributed by atoms with van der Waals surface area (Å²) in [5.41, 5.74) is 0.831. The molecule has 1 saturated heterocycles. The number of nitrogens with one attached hydrogen (secondary N) is 1. The Morgan fingerprint density at radius 3 is 2.53 bits per heavy atom. The number of halogens is 1. The third-order valence-electron chi connectivity index (χ3n) is 5.05. The molecule has 9 nitrogen and oxygen atoms in total. The minimum atomic E-state index is -3.98. The van der Waals surface area contributed by atoms with Crippen molar-refractivity contribution in [2.24, 2.45) is 0 Å². The van der Waals surface area contributed by atoms with E-state index in [1.807, 2.05) is 0 Å². The average molecular weight is 466 g/mol. The second-order valence-electron chi connectivity index (χ2n) is 7.48. The Labute approximate surface area is 185 Å². The van der Waals surface area contributed by atoms with Crippen LogP contribution >= 0.6 is 0 Å². The van der Waals surface area contributed by atoms with Gasteiger partial charge in [0.05, 0.1) is 17.5 Å². The monoisotopic (exact) mass is 465 g/mol. The van der Waals surface area contributed by atoms with Gasteiger partial charge in [-0.15, -0.1) is 0 Å². The molecule has 0 aromatic heterocycles. The van der Waals surface area contributed by atoms with Gasteiger partial charge in [-0.3, -0.25) is 14.3 Å². The number of carbonyl (C=O) groups is 2. The number of likely N-dealkylation sites (N-methyl/N-ethyl adjacent to an activating group) is 1. The second kappa shape index (κ2) is 9.63. The first kappa shape index (κ1) is 23.6. The molecule has 0 bridgehead atoms. The van der Waals surface area contributed by atoms with Gasteiger partial charge in [0.25, 0.3) is 10.0 Å². The summed E-state index contributed by atoms with van der Waals surface area (Å²) in [5.74, 6) is -1.37. The molecule has 0 aliphatic carbocycles. The van der Waals surface area contributed by atoms with Gasteiger partial charge in [0, 0.05) is 19.8 Å². The number of anilines is 1. The summed E-state index contributed by atoms with van der Waals surface area (Å²) in [7, 11) is -0.840. The van der Waals surface area contributed by atoms with Gasteiger partial charge in [0.1, 0.15) is 25.1 Å². The van der Waals surface area contributed by atoms with Crippen LogP contribution in [0.25, 0.3) is 0 Å². The predicted molar refractivity (Wildman–Crippen MR) is 114 cm³/mol. The number of aliphatic hydroxyl groups is 1. The fourth-order valence-corrected chi connectivity index (χ4v) is 4.39. The van der Waals surface area contributed by atoms with Crippen molar-refractivity contribution in [1.29, 1.82) is 0 Å². The Morgan fingerprint density at radius 1 is 1.25 bits per heavy atom. The van der Waals surface area contributed by atoms with E-state index in [9.17, 15) is 27.5 Å². The van der Waals surface area contributed by atoms with Crippen molar-refractivity contribution in [1.82, 2.24) is 9.80 Å². The zero-order chi connectivity index (χ0) is 23.5. The molecule has 1 aliphatic rings. The maximum absolute atomic E-state index is 13.4. The Hall–Kier alpha value is -3.02. The molecule has 0 saturated carbocycles. The van der Waals surface area contributed by atoms with Crippen LogP contribution < -0.4 is 4.72 Å². The number of hydrogen-bond acceptors (Lipinski definition) is 6. The summed E-state index contributed by atoms with van der Waals surface area (Å²) in [6.45, 7) is -0.872. The van der Waals surface area contributed by atoms with Gasteiger partial charge in [-0.1, -0.05) is 18.2 Å². The molecular formula is C21H24FN3O6S. The molecule has 11 heteroatoms. The topological polar surface area (TPSA) is 116 Å². The molecule has 2 N–H and O–H groups in total. The molecule has 32 heavy (non-hydrogen) atoms. The van der Waals surface area contributed by atoms with Crippen molar-refractivity contribution in [3.05, 3.63) is 59.9 Å². The summed E-state index contributed by atoms with van der Waals surface area (Å²) in [6, 6.07) is 10.0. The highest BCUT2D eigenvalue weighted by Crippen LogP contribution is 2.30. The van der Waals surface area contributed by atoms with Crippen molar-refractivity contribution in [3.63, 3.8) is 0 Å². The van der Waals surface area contributed by atoms with E-state index in [1.54, 1.807) is 26.2 Å². The molecule has 2 aromatic carbocycles. The Morgan fingerprint density at radius 2 is 1.94 bits per heavy atom.